The molecule has 3 rings (SSSR count). The lowest BCUT2D eigenvalue weighted by Gasteiger charge is -2.15. The molecule has 1 aromatic heterocycles. The summed E-state index contributed by atoms with van der Waals surface area (Å²) in [4.78, 5) is 8.71. The zero-order valence-electron chi connectivity index (χ0n) is 17.8. The molecule has 0 amide bonds. The van der Waals surface area contributed by atoms with Gasteiger partial charge in [-0.3, -0.25) is 4.99 Å². The van der Waals surface area contributed by atoms with Crippen LogP contribution < -0.4 is 24.8 Å². The van der Waals surface area contributed by atoms with E-state index in [0.717, 1.165) is 24.1 Å². The Labute approximate surface area is 195 Å². The fraction of sp³-hybridized carbons (Fsp3) is 0.455. The number of rotatable bonds is 8. The van der Waals surface area contributed by atoms with Crippen molar-refractivity contribution in [1.29, 1.82) is 0 Å². The van der Waals surface area contributed by atoms with Crippen LogP contribution in [0.5, 0.6) is 17.4 Å². The van der Waals surface area contributed by atoms with Crippen molar-refractivity contribution in [2.45, 2.75) is 45.3 Å². The maximum atomic E-state index is 5.92. The van der Waals surface area contributed by atoms with E-state index < -0.39 is 0 Å². The molecule has 164 valence electrons. The Hall–Kier alpha value is -2.23. The average molecular weight is 526 g/mol. The summed E-state index contributed by atoms with van der Waals surface area (Å²) in [6, 6.07) is 9.64. The van der Waals surface area contributed by atoms with Crippen molar-refractivity contribution in [2.24, 2.45) is 4.99 Å². The van der Waals surface area contributed by atoms with Gasteiger partial charge in [0, 0.05) is 37.6 Å². The zero-order valence-corrected chi connectivity index (χ0v) is 20.1. The van der Waals surface area contributed by atoms with E-state index in [1.807, 2.05) is 43.5 Å². The van der Waals surface area contributed by atoms with Crippen LogP contribution in [0.4, 0.5) is 5.69 Å². The Bertz CT molecular complexity index is 809. The number of methoxy groups -OCH3 is 1. The second-order valence-corrected chi connectivity index (χ2v) is 6.88. The molecule has 2 aromatic rings. The van der Waals surface area contributed by atoms with Crippen LogP contribution in [0.25, 0.3) is 0 Å². The largest absolute Gasteiger partial charge is 0.493 e. The summed E-state index contributed by atoms with van der Waals surface area (Å²) >= 11 is 0. The monoisotopic (exact) mass is 526 g/mol. The number of pyridine rings is 1. The summed E-state index contributed by atoms with van der Waals surface area (Å²) in [5, 5.41) is 6.56. The highest BCUT2D eigenvalue weighted by molar-refractivity contribution is 14.0. The van der Waals surface area contributed by atoms with Crippen LogP contribution in [0.2, 0.25) is 0 Å². The zero-order chi connectivity index (χ0) is 20.5. The normalized spacial score (nSPS) is 14.0. The fourth-order valence-electron chi connectivity index (χ4n) is 3.29. The van der Waals surface area contributed by atoms with Crippen LogP contribution in [0.15, 0.2) is 41.5 Å². The van der Waals surface area contributed by atoms with E-state index in [4.69, 9.17) is 14.2 Å². The highest BCUT2D eigenvalue weighted by Crippen LogP contribution is 2.30. The fourth-order valence-corrected chi connectivity index (χ4v) is 3.29. The van der Waals surface area contributed by atoms with Gasteiger partial charge in [0.2, 0.25) is 5.88 Å². The molecule has 8 heteroatoms. The van der Waals surface area contributed by atoms with E-state index in [1.165, 1.54) is 12.8 Å². The van der Waals surface area contributed by atoms with Gasteiger partial charge in [-0.15, -0.1) is 24.0 Å². The van der Waals surface area contributed by atoms with Gasteiger partial charge in [-0.1, -0.05) is 6.07 Å². The molecule has 1 aliphatic rings. The van der Waals surface area contributed by atoms with Crippen molar-refractivity contribution >= 4 is 35.6 Å². The van der Waals surface area contributed by atoms with Gasteiger partial charge in [0.25, 0.3) is 0 Å². The van der Waals surface area contributed by atoms with Gasteiger partial charge in [-0.25, -0.2) is 4.98 Å². The molecule has 0 bridgehead atoms. The molecular weight excluding hydrogens is 495 g/mol. The predicted octanol–water partition coefficient (Wildman–Crippen LogP) is 4.62. The molecule has 1 aliphatic carbocycles. The number of nitrogens with zero attached hydrogens (tertiary/aromatic N) is 2. The SMILES string of the molecule is CCOc1cc(NC(=NC)NCc2ccc(OC3CCCC3)nc2)ccc1OC.I. The molecule has 1 saturated carbocycles. The number of nitrogens with one attached hydrogen (secondary N) is 2. The number of halogens is 1. The Morgan fingerprint density at radius 1 is 1.17 bits per heavy atom. The molecular formula is C22H31IN4O3. The minimum atomic E-state index is 0. The number of benzene rings is 1. The highest BCUT2D eigenvalue weighted by Gasteiger charge is 2.16. The topological polar surface area (TPSA) is 77.0 Å². The number of aromatic nitrogens is 1. The van der Waals surface area contributed by atoms with Gasteiger partial charge in [0.05, 0.1) is 13.7 Å². The Balaban J connectivity index is 0.00000320. The average Bonchev–Trinajstić information content (AvgIpc) is 3.25. The van der Waals surface area contributed by atoms with Crippen LogP contribution in [0.3, 0.4) is 0 Å². The summed E-state index contributed by atoms with van der Waals surface area (Å²) in [6.07, 6.45) is 6.91. The third-order valence-electron chi connectivity index (χ3n) is 4.80. The van der Waals surface area contributed by atoms with E-state index in [0.29, 0.717) is 42.6 Å². The van der Waals surface area contributed by atoms with Crippen molar-refractivity contribution in [2.75, 3.05) is 26.1 Å². The van der Waals surface area contributed by atoms with E-state index in [9.17, 15) is 0 Å². The molecule has 0 radical (unpaired) electrons. The Kier molecular flexibility index (Phi) is 9.99. The molecule has 1 aromatic carbocycles. The molecule has 0 aliphatic heterocycles. The molecule has 2 N–H and O–H groups in total. The molecule has 0 unspecified atom stereocenters. The summed E-state index contributed by atoms with van der Waals surface area (Å²) in [6.45, 7) is 3.11. The lowest BCUT2D eigenvalue weighted by Crippen LogP contribution is -2.30. The second kappa shape index (κ2) is 12.5. The number of aliphatic imine (C=N–C) groups is 1. The Morgan fingerprint density at radius 3 is 2.60 bits per heavy atom. The number of guanidine groups is 1. The van der Waals surface area contributed by atoms with Gasteiger partial charge >= 0.3 is 0 Å². The number of anilines is 1. The van der Waals surface area contributed by atoms with Gasteiger partial charge in [-0.05, 0) is 50.3 Å². The van der Waals surface area contributed by atoms with Crippen molar-refractivity contribution in [3.05, 3.63) is 42.1 Å². The van der Waals surface area contributed by atoms with E-state index in [1.54, 1.807) is 14.2 Å². The summed E-state index contributed by atoms with van der Waals surface area (Å²) in [5.74, 6) is 2.75. The predicted molar refractivity (Wildman–Crippen MR) is 131 cm³/mol. The lowest BCUT2D eigenvalue weighted by atomic mass is 10.2. The van der Waals surface area contributed by atoms with E-state index >= 15 is 0 Å². The van der Waals surface area contributed by atoms with Crippen LogP contribution in [0.1, 0.15) is 38.2 Å². The first kappa shape index (κ1) is 24.0. The van der Waals surface area contributed by atoms with Gasteiger partial charge in [0.15, 0.2) is 17.5 Å². The first-order valence-electron chi connectivity index (χ1n) is 10.1. The molecule has 0 atom stereocenters. The van der Waals surface area contributed by atoms with Crippen molar-refractivity contribution in [1.82, 2.24) is 10.3 Å². The first-order chi connectivity index (χ1) is 14.2. The number of hydrogen-bond acceptors (Lipinski definition) is 5. The third-order valence-corrected chi connectivity index (χ3v) is 4.80. The molecule has 7 nitrogen and oxygen atoms in total. The Morgan fingerprint density at radius 2 is 1.97 bits per heavy atom. The van der Waals surface area contributed by atoms with E-state index in [-0.39, 0.29) is 24.0 Å². The van der Waals surface area contributed by atoms with Gasteiger partial charge in [-0.2, -0.15) is 0 Å². The molecule has 30 heavy (non-hydrogen) atoms. The lowest BCUT2D eigenvalue weighted by molar-refractivity contribution is 0.201. The van der Waals surface area contributed by atoms with Crippen LogP contribution >= 0.6 is 24.0 Å². The second-order valence-electron chi connectivity index (χ2n) is 6.88. The molecule has 1 heterocycles. The standard InChI is InChI=1S/C22H30N4O3.HI/c1-4-28-20-13-17(10-11-19(20)27-3)26-22(23-2)25-15-16-9-12-21(24-14-16)29-18-7-5-6-8-18;/h9-14,18H,4-8,15H2,1-3H3,(H2,23,25,26);1H. The first-order valence-corrected chi connectivity index (χ1v) is 10.1. The maximum Gasteiger partial charge on any atom is 0.213 e. The van der Waals surface area contributed by atoms with Crippen molar-refractivity contribution < 1.29 is 14.2 Å². The minimum Gasteiger partial charge on any atom is -0.493 e. The van der Waals surface area contributed by atoms with Crippen LogP contribution in [0, 0.1) is 0 Å². The maximum absolute atomic E-state index is 5.92. The van der Waals surface area contributed by atoms with Gasteiger partial charge in [0.1, 0.15) is 6.10 Å². The third kappa shape index (κ3) is 6.93. The summed E-state index contributed by atoms with van der Waals surface area (Å²) in [7, 11) is 3.36. The highest BCUT2D eigenvalue weighted by atomic mass is 127. The smallest absolute Gasteiger partial charge is 0.213 e. The quantitative estimate of drug-likeness (QED) is 0.297. The molecule has 0 spiro atoms. The van der Waals surface area contributed by atoms with E-state index in [2.05, 4.69) is 20.6 Å². The van der Waals surface area contributed by atoms with Crippen molar-refractivity contribution in [3.63, 3.8) is 0 Å². The summed E-state index contributed by atoms with van der Waals surface area (Å²) < 4.78 is 16.9. The van der Waals surface area contributed by atoms with Crippen LogP contribution in [-0.2, 0) is 6.54 Å². The molecule has 1 fully saturated rings. The number of ether oxygens (including phenoxy) is 3. The minimum absolute atomic E-state index is 0. The van der Waals surface area contributed by atoms with Crippen molar-refractivity contribution in [3.8, 4) is 17.4 Å². The summed E-state index contributed by atoms with van der Waals surface area (Å²) in [5.41, 5.74) is 1.91. The number of hydrogen-bond donors (Lipinski definition) is 2. The molecule has 0 saturated heterocycles. The van der Waals surface area contributed by atoms with Crippen LogP contribution in [-0.4, -0.2) is 37.8 Å². The van der Waals surface area contributed by atoms with Gasteiger partial charge < -0.3 is 24.8 Å².